The predicted molar refractivity (Wildman–Crippen MR) is 92.0 cm³/mol. The van der Waals surface area contributed by atoms with Crippen LogP contribution in [0.25, 0.3) is 0 Å². The Hall–Kier alpha value is -1.23. The van der Waals surface area contributed by atoms with E-state index in [2.05, 4.69) is 5.32 Å². The fraction of sp³-hybridized carbons (Fsp3) is 0.312. The summed E-state index contributed by atoms with van der Waals surface area (Å²) in [4.78, 5) is 13.4. The number of hydrogen-bond donors (Lipinski definition) is 1. The van der Waals surface area contributed by atoms with Gasteiger partial charge in [0.2, 0.25) is 0 Å². The Morgan fingerprint density at radius 1 is 1.36 bits per heavy atom. The molecule has 2 unspecified atom stereocenters. The number of benzene rings is 1. The number of ether oxygens (including phenoxy) is 1. The van der Waals surface area contributed by atoms with Crippen LogP contribution in [0.1, 0.15) is 31.2 Å². The lowest BCUT2D eigenvalue weighted by atomic mass is 10.2. The largest absolute Gasteiger partial charge is 0.479 e. The molecule has 6 heteroatoms. The third kappa shape index (κ3) is 4.38. The van der Waals surface area contributed by atoms with Crippen molar-refractivity contribution in [1.29, 1.82) is 0 Å². The highest BCUT2D eigenvalue weighted by Gasteiger charge is 2.20. The molecule has 22 heavy (non-hydrogen) atoms. The molecule has 0 spiro atoms. The molecule has 0 saturated carbocycles. The molecule has 3 nitrogen and oxygen atoms in total. The van der Waals surface area contributed by atoms with Crippen molar-refractivity contribution in [3.05, 3.63) is 50.6 Å². The summed E-state index contributed by atoms with van der Waals surface area (Å²) in [5, 5.41) is 5.91. The second-order valence-corrected chi connectivity index (χ2v) is 6.64. The Morgan fingerprint density at radius 3 is 2.73 bits per heavy atom. The van der Waals surface area contributed by atoms with E-state index in [1.165, 1.54) is 0 Å². The summed E-state index contributed by atoms with van der Waals surface area (Å²) in [7, 11) is 0. The van der Waals surface area contributed by atoms with E-state index in [9.17, 15) is 4.79 Å². The minimum Gasteiger partial charge on any atom is -0.479 e. The number of amides is 1. The smallest absolute Gasteiger partial charge is 0.261 e. The highest BCUT2D eigenvalue weighted by molar-refractivity contribution is 7.10. The van der Waals surface area contributed by atoms with Crippen molar-refractivity contribution in [3.63, 3.8) is 0 Å². The van der Waals surface area contributed by atoms with Crippen LogP contribution < -0.4 is 10.1 Å². The number of hydrogen-bond acceptors (Lipinski definition) is 3. The molecule has 0 bridgehead atoms. The molecule has 0 fully saturated rings. The summed E-state index contributed by atoms with van der Waals surface area (Å²) in [5.41, 5.74) is 0. The molecule has 2 rings (SSSR count). The van der Waals surface area contributed by atoms with Crippen LogP contribution in [0.4, 0.5) is 0 Å². The number of carbonyl (C=O) groups excluding carboxylic acids is 1. The summed E-state index contributed by atoms with van der Waals surface area (Å²) in [5.74, 6) is 0.268. The average molecular weight is 358 g/mol. The Kier molecular flexibility index (Phi) is 6.12. The van der Waals surface area contributed by atoms with Gasteiger partial charge in [-0.25, -0.2) is 0 Å². The van der Waals surface area contributed by atoms with Gasteiger partial charge in [0, 0.05) is 9.90 Å². The number of thiophene rings is 1. The van der Waals surface area contributed by atoms with Crippen molar-refractivity contribution in [1.82, 2.24) is 5.32 Å². The van der Waals surface area contributed by atoms with E-state index in [0.717, 1.165) is 11.3 Å². The summed E-state index contributed by atoms with van der Waals surface area (Å²) in [6, 6.07) is 8.91. The maximum atomic E-state index is 12.3. The maximum Gasteiger partial charge on any atom is 0.261 e. The van der Waals surface area contributed by atoms with E-state index in [0.29, 0.717) is 15.8 Å². The zero-order valence-electron chi connectivity index (χ0n) is 12.3. The zero-order valence-corrected chi connectivity index (χ0v) is 14.6. The number of rotatable bonds is 6. The average Bonchev–Trinajstić information content (AvgIpc) is 3.01. The third-order valence-electron chi connectivity index (χ3n) is 3.18. The lowest BCUT2D eigenvalue weighted by Crippen LogP contribution is -2.38. The molecule has 1 aromatic carbocycles. The molecule has 1 heterocycles. The number of carbonyl (C=O) groups is 1. The van der Waals surface area contributed by atoms with Gasteiger partial charge in [-0.15, -0.1) is 11.3 Å². The second kappa shape index (κ2) is 7.86. The van der Waals surface area contributed by atoms with E-state index in [4.69, 9.17) is 27.9 Å². The highest BCUT2D eigenvalue weighted by Crippen LogP contribution is 2.28. The van der Waals surface area contributed by atoms with Gasteiger partial charge in [0.1, 0.15) is 5.75 Å². The Balaban J connectivity index is 1.99. The van der Waals surface area contributed by atoms with Crippen molar-refractivity contribution in [2.75, 3.05) is 0 Å². The van der Waals surface area contributed by atoms with Gasteiger partial charge in [-0.05, 0) is 43.0 Å². The van der Waals surface area contributed by atoms with Gasteiger partial charge >= 0.3 is 0 Å². The van der Waals surface area contributed by atoms with Crippen LogP contribution in [0.15, 0.2) is 35.7 Å². The first kappa shape index (κ1) is 17.1. The first-order chi connectivity index (χ1) is 10.5. The quantitative estimate of drug-likeness (QED) is 0.781. The SMILES string of the molecule is CCC(NC(=O)C(C)Oc1ccc(Cl)cc1Cl)c1cccs1. The first-order valence-corrected chi connectivity index (χ1v) is 8.60. The van der Waals surface area contributed by atoms with Gasteiger partial charge in [0.05, 0.1) is 11.1 Å². The summed E-state index contributed by atoms with van der Waals surface area (Å²) < 4.78 is 5.63. The molecule has 0 aliphatic carbocycles. The molecular weight excluding hydrogens is 341 g/mol. The number of nitrogens with one attached hydrogen (secondary N) is 1. The minimum absolute atomic E-state index is 0.000704. The lowest BCUT2D eigenvalue weighted by Gasteiger charge is -2.20. The van der Waals surface area contributed by atoms with Crippen molar-refractivity contribution in [2.24, 2.45) is 0 Å². The normalized spacial score (nSPS) is 13.5. The zero-order chi connectivity index (χ0) is 16.1. The predicted octanol–water partition coefficient (Wildman–Crippen LogP) is 5.09. The van der Waals surface area contributed by atoms with Gasteiger partial charge in [-0.1, -0.05) is 36.2 Å². The molecule has 0 aliphatic rings. The monoisotopic (exact) mass is 357 g/mol. The van der Waals surface area contributed by atoms with E-state index in [1.54, 1.807) is 36.5 Å². The van der Waals surface area contributed by atoms with Gasteiger partial charge in [-0.2, -0.15) is 0 Å². The number of halogens is 2. The Labute approximate surface area is 144 Å². The Bertz CT molecular complexity index is 631. The molecule has 1 N–H and O–H groups in total. The minimum atomic E-state index is -0.646. The standard InChI is InChI=1S/C16H17Cl2NO2S/c1-3-13(15-5-4-8-22-15)19-16(20)10(2)21-14-7-6-11(17)9-12(14)18/h4-10,13H,3H2,1-2H3,(H,19,20). The van der Waals surface area contributed by atoms with E-state index in [-0.39, 0.29) is 11.9 Å². The fourth-order valence-corrected chi connectivity index (χ4v) is 3.28. The van der Waals surface area contributed by atoms with E-state index >= 15 is 0 Å². The Morgan fingerprint density at radius 2 is 2.14 bits per heavy atom. The van der Waals surface area contributed by atoms with Crippen LogP contribution in [-0.4, -0.2) is 12.0 Å². The van der Waals surface area contributed by atoms with Crippen LogP contribution in [0.5, 0.6) is 5.75 Å². The van der Waals surface area contributed by atoms with Crippen LogP contribution in [0.3, 0.4) is 0 Å². The van der Waals surface area contributed by atoms with Crippen molar-refractivity contribution >= 4 is 40.4 Å². The summed E-state index contributed by atoms with van der Waals surface area (Å²) in [6.07, 6.45) is 0.174. The first-order valence-electron chi connectivity index (χ1n) is 6.96. The maximum absolute atomic E-state index is 12.3. The van der Waals surface area contributed by atoms with Crippen molar-refractivity contribution < 1.29 is 9.53 Å². The van der Waals surface area contributed by atoms with Crippen LogP contribution >= 0.6 is 34.5 Å². The highest BCUT2D eigenvalue weighted by atomic mass is 35.5. The molecule has 0 saturated heterocycles. The molecular formula is C16H17Cl2NO2S. The molecule has 1 aromatic heterocycles. The summed E-state index contributed by atoms with van der Waals surface area (Å²) in [6.45, 7) is 3.73. The van der Waals surface area contributed by atoms with E-state index < -0.39 is 6.10 Å². The topological polar surface area (TPSA) is 38.3 Å². The molecule has 118 valence electrons. The van der Waals surface area contributed by atoms with Crippen molar-refractivity contribution in [3.8, 4) is 5.75 Å². The van der Waals surface area contributed by atoms with Crippen LogP contribution in [0.2, 0.25) is 10.0 Å². The van der Waals surface area contributed by atoms with Gasteiger partial charge in [0.25, 0.3) is 5.91 Å². The molecule has 2 atom stereocenters. The third-order valence-corrected chi connectivity index (χ3v) is 4.69. The lowest BCUT2D eigenvalue weighted by molar-refractivity contribution is -0.128. The van der Waals surface area contributed by atoms with Gasteiger partial charge in [-0.3, -0.25) is 4.79 Å². The van der Waals surface area contributed by atoms with E-state index in [1.807, 2.05) is 24.4 Å². The molecule has 1 amide bonds. The second-order valence-electron chi connectivity index (χ2n) is 4.82. The van der Waals surface area contributed by atoms with Crippen molar-refractivity contribution in [2.45, 2.75) is 32.4 Å². The molecule has 2 aromatic rings. The molecule has 0 radical (unpaired) electrons. The molecule has 0 aliphatic heterocycles. The summed E-state index contributed by atoms with van der Waals surface area (Å²) >= 11 is 13.5. The van der Waals surface area contributed by atoms with Crippen LogP contribution in [-0.2, 0) is 4.79 Å². The van der Waals surface area contributed by atoms with Crippen LogP contribution in [0, 0.1) is 0 Å². The van der Waals surface area contributed by atoms with Gasteiger partial charge in [0.15, 0.2) is 6.10 Å². The fourth-order valence-electron chi connectivity index (χ4n) is 1.97. The van der Waals surface area contributed by atoms with Gasteiger partial charge < -0.3 is 10.1 Å².